The molecule has 4 heterocycles. The van der Waals surface area contributed by atoms with Crippen molar-refractivity contribution in [3.63, 3.8) is 0 Å². The summed E-state index contributed by atoms with van der Waals surface area (Å²) >= 11 is 0. The quantitative estimate of drug-likeness (QED) is 0.589. The fraction of sp³-hybridized carbons (Fsp3) is 0.250. The van der Waals surface area contributed by atoms with Gasteiger partial charge in [-0.25, -0.2) is 20.8 Å². The normalized spacial score (nSPS) is 13.3. The van der Waals surface area contributed by atoms with Gasteiger partial charge in [-0.2, -0.15) is 5.26 Å². The van der Waals surface area contributed by atoms with Crippen molar-refractivity contribution in [3.8, 4) is 17.5 Å². The molecule has 1 aliphatic rings. The Morgan fingerprint density at radius 3 is 2.65 bits per heavy atom. The van der Waals surface area contributed by atoms with Crippen molar-refractivity contribution < 1.29 is 37.9 Å². The van der Waals surface area contributed by atoms with Crippen molar-refractivity contribution in [2.75, 3.05) is 31.1 Å². The minimum Gasteiger partial charge on any atom is -0.659 e. The maximum atomic E-state index is 9.03. The fourth-order valence-corrected chi connectivity index (χ4v) is 2.71. The van der Waals surface area contributed by atoms with Gasteiger partial charge in [-0.05, 0) is 12.1 Å². The summed E-state index contributed by atoms with van der Waals surface area (Å²) in [6, 6.07) is 8.01. The van der Waals surface area contributed by atoms with Crippen LogP contribution in [-0.4, -0.2) is 50.7 Å². The summed E-state index contributed by atoms with van der Waals surface area (Å²) < 4.78 is 1.85. The molecule has 0 amide bonds. The summed E-state index contributed by atoms with van der Waals surface area (Å²) in [6.07, 6.45) is 5.04. The van der Waals surface area contributed by atoms with E-state index in [-0.39, 0.29) is 32.7 Å². The smallest absolute Gasteiger partial charge is 0.157 e. The fourth-order valence-electron chi connectivity index (χ4n) is 2.71. The van der Waals surface area contributed by atoms with Crippen molar-refractivity contribution >= 4 is 11.5 Å². The summed E-state index contributed by atoms with van der Waals surface area (Å²) in [5, 5.41) is 19.9. The van der Waals surface area contributed by atoms with Crippen LogP contribution in [0, 0.1) is 11.3 Å². The second-order valence-corrected chi connectivity index (χ2v) is 5.29. The van der Waals surface area contributed by atoms with Gasteiger partial charge in [0.25, 0.3) is 0 Å². The molecule has 0 aromatic carbocycles. The molecule has 3 N–H and O–H groups in total. The molecule has 131 valence electrons. The van der Waals surface area contributed by atoms with Crippen LogP contribution in [0.4, 0.5) is 5.82 Å². The molecule has 3 aromatic heterocycles. The zero-order chi connectivity index (χ0) is 17.6. The van der Waals surface area contributed by atoms with Crippen LogP contribution < -0.4 is 10.8 Å². The van der Waals surface area contributed by atoms with E-state index in [0.29, 0.717) is 11.3 Å². The zero-order valence-corrected chi connectivity index (χ0v) is 16.9. The molecule has 1 aliphatic heterocycles. The van der Waals surface area contributed by atoms with Crippen LogP contribution in [0.3, 0.4) is 0 Å². The topological polar surface area (TPSA) is 130 Å². The van der Waals surface area contributed by atoms with E-state index in [1.54, 1.807) is 18.6 Å². The molecule has 1 fully saturated rings. The first-order valence-corrected chi connectivity index (χ1v) is 7.70. The number of fused-ring (bicyclic) bond motifs is 1. The Kier molecular flexibility index (Phi) is 7.56. The summed E-state index contributed by atoms with van der Waals surface area (Å²) in [7, 11) is 0. The van der Waals surface area contributed by atoms with Gasteiger partial charge in [-0.15, -0.1) is 13.1 Å². The van der Waals surface area contributed by atoms with Crippen LogP contribution in [0.5, 0.6) is 0 Å². The van der Waals surface area contributed by atoms with Gasteiger partial charge in [0.1, 0.15) is 11.9 Å². The van der Waals surface area contributed by atoms with Crippen LogP contribution >= 0.6 is 0 Å². The number of hydrogen-bond donors (Lipinski definition) is 2. The third-order valence-corrected chi connectivity index (χ3v) is 3.89. The van der Waals surface area contributed by atoms with Crippen molar-refractivity contribution in [3.05, 3.63) is 47.8 Å². The maximum Gasteiger partial charge on any atom is 0.157 e. The molecule has 26 heavy (non-hydrogen) atoms. The number of rotatable bonds is 2. The molecule has 0 atom stereocenters. The molecule has 0 unspecified atom stereocenters. The molecular formula is C16H17N8OY-. The van der Waals surface area contributed by atoms with Crippen LogP contribution in [-0.2, 0) is 32.7 Å². The van der Waals surface area contributed by atoms with Gasteiger partial charge in [0.05, 0.1) is 23.8 Å². The van der Waals surface area contributed by atoms with Gasteiger partial charge < -0.3 is 15.4 Å². The van der Waals surface area contributed by atoms with Crippen LogP contribution in [0.2, 0.25) is 0 Å². The molecule has 0 spiro atoms. The molecule has 0 bridgehead atoms. The molecule has 9 nitrogen and oxygen atoms in total. The summed E-state index contributed by atoms with van der Waals surface area (Å²) in [6.45, 7) is 3.48. The monoisotopic (exact) mass is 426 g/mol. The largest absolute Gasteiger partial charge is 0.659 e. The third kappa shape index (κ3) is 4.23. The predicted molar refractivity (Wildman–Crippen MR) is 92.2 cm³/mol. The molecule has 3 aromatic rings. The van der Waals surface area contributed by atoms with Gasteiger partial charge >= 0.3 is 0 Å². The van der Waals surface area contributed by atoms with Crippen LogP contribution in [0.1, 0.15) is 5.69 Å². The summed E-state index contributed by atoms with van der Waals surface area (Å²) in [5.41, 5.74) is 2.73. The number of imidazole rings is 1. The van der Waals surface area contributed by atoms with E-state index >= 15 is 0 Å². The Labute approximate surface area is 175 Å². The van der Waals surface area contributed by atoms with Crippen molar-refractivity contribution in [2.45, 2.75) is 0 Å². The number of anilines is 1. The molecule has 4 rings (SSSR count). The van der Waals surface area contributed by atoms with Gasteiger partial charge in [0, 0.05) is 52.0 Å². The number of pyridine rings is 1. The van der Waals surface area contributed by atoms with E-state index in [0.717, 1.165) is 43.4 Å². The Hall–Kier alpha value is -1.96. The van der Waals surface area contributed by atoms with Gasteiger partial charge in [-0.3, -0.25) is 4.40 Å². The first-order chi connectivity index (χ1) is 12.3. The Balaban J connectivity index is 0.000000784. The SMILES string of the molecule is N#Cc1cn2c(-c3cccc(N4CC[N-]CC4)n3)cnc2cn1.NO.[Y]. The maximum absolute atomic E-state index is 9.03. The molecule has 0 aliphatic carbocycles. The molecule has 1 radical (unpaired) electrons. The van der Waals surface area contributed by atoms with E-state index in [1.165, 1.54) is 0 Å². The number of hydrogen-bond acceptors (Lipinski definition) is 7. The predicted octanol–water partition coefficient (Wildman–Crippen LogP) is 1.19. The number of nitriles is 1. The van der Waals surface area contributed by atoms with Crippen molar-refractivity contribution in [1.82, 2.24) is 19.4 Å². The minimum atomic E-state index is 0. The van der Waals surface area contributed by atoms with E-state index in [1.807, 2.05) is 22.6 Å². The first-order valence-electron chi connectivity index (χ1n) is 7.70. The Morgan fingerprint density at radius 1 is 1.15 bits per heavy atom. The average Bonchev–Trinajstić information content (AvgIpc) is 3.13. The van der Waals surface area contributed by atoms with E-state index in [2.05, 4.69) is 32.2 Å². The van der Waals surface area contributed by atoms with E-state index < -0.39 is 0 Å². The van der Waals surface area contributed by atoms with Gasteiger partial charge in [0.15, 0.2) is 11.3 Å². The molecular weight excluding hydrogens is 409 g/mol. The second kappa shape index (κ2) is 9.66. The number of piperazine rings is 1. The third-order valence-electron chi connectivity index (χ3n) is 3.89. The molecule has 1 saturated heterocycles. The zero-order valence-electron chi connectivity index (χ0n) is 14.0. The number of nitrogens with two attached hydrogens (primary N) is 1. The minimum absolute atomic E-state index is 0. The standard InChI is InChI=1S/C16H14N7.H3NO.Y/c17-8-12-11-23-14(9-20-16(23)10-19-12)13-2-1-3-15(21-13)22-6-4-18-5-7-22;1-2;/h1-3,9-11H,4-7H2;2H,1H2;/q-1;;. The van der Waals surface area contributed by atoms with Crippen molar-refractivity contribution in [2.24, 2.45) is 5.90 Å². The number of aromatic nitrogens is 4. The van der Waals surface area contributed by atoms with Crippen LogP contribution in [0.15, 0.2) is 36.8 Å². The van der Waals surface area contributed by atoms with Crippen molar-refractivity contribution in [1.29, 1.82) is 5.26 Å². The Bertz CT molecular complexity index is 901. The summed E-state index contributed by atoms with van der Waals surface area (Å²) in [4.78, 5) is 15.4. The van der Waals surface area contributed by atoms with Crippen LogP contribution in [0.25, 0.3) is 22.4 Å². The van der Waals surface area contributed by atoms with E-state index in [4.69, 9.17) is 15.5 Å². The molecule has 0 saturated carbocycles. The molecule has 10 heteroatoms. The summed E-state index contributed by atoms with van der Waals surface area (Å²) in [5.74, 6) is 4.45. The van der Waals surface area contributed by atoms with E-state index in [9.17, 15) is 0 Å². The first kappa shape index (κ1) is 20.4. The van der Waals surface area contributed by atoms with Gasteiger partial charge in [-0.1, -0.05) is 6.07 Å². The van der Waals surface area contributed by atoms with Gasteiger partial charge in [0.2, 0.25) is 0 Å². The number of nitrogens with zero attached hydrogens (tertiary/aromatic N) is 7. The Morgan fingerprint density at radius 2 is 1.92 bits per heavy atom. The second-order valence-electron chi connectivity index (χ2n) is 5.29. The average molecular weight is 426 g/mol.